The zero-order chi connectivity index (χ0) is 11.6. The SMILES string of the molecule is CNCc1nc(CN2CCC(C)(C)C2)cs1. The Morgan fingerprint density at radius 2 is 2.38 bits per heavy atom. The van der Waals surface area contributed by atoms with Crippen LogP contribution in [0.25, 0.3) is 0 Å². The van der Waals surface area contributed by atoms with Gasteiger partial charge >= 0.3 is 0 Å². The van der Waals surface area contributed by atoms with Crippen LogP contribution >= 0.6 is 11.3 Å². The number of likely N-dealkylation sites (tertiary alicyclic amines) is 1. The van der Waals surface area contributed by atoms with E-state index in [1.165, 1.54) is 30.2 Å². The second kappa shape index (κ2) is 4.82. The van der Waals surface area contributed by atoms with Crippen molar-refractivity contribution < 1.29 is 0 Å². The van der Waals surface area contributed by atoms with Gasteiger partial charge in [0.15, 0.2) is 0 Å². The number of hydrogen-bond acceptors (Lipinski definition) is 4. The van der Waals surface area contributed by atoms with Gasteiger partial charge in [-0.15, -0.1) is 11.3 Å². The van der Waals surface area contributed by atoms with Crippen molar-refractivity contribution >= 4 is 11.3 Å². The number of hydrogen-bond donors (Lipinski definition) is 1. The molecule has 3 nitrogen and oxygen atoms in total. The minimum absolute atomic E-state index is 0.490. The van der Waals surface area contributed by atoms with E-state index in [1.807, 2.05) is 7.05 Å². The van der Waals surface area contributed by atoms with E-state index in [0.717, 1.165) is 13.1 Å². The summed E-state index contributed by atoms with van der Waals surface area (Å²) in [5, 5.41) is 6.52. The van der Waals surface area contributed by atoms with E-state index in [2.05, 4.69) is 34.4 Å². The molecule has 4 heteroatoms. The van der Waals surface area contributed by atoms with Gasteiger partial charge in [0.1, 0.15) is 5.01 Å². The normalized spacial score (nSPS) is 20.4. The molecule has 0 aliphatic carbocycles. The van der Waals surface area contributed by atoms with Gasteiger partial charge in [-0.05, 0) is 25.4 Å². The zero-order valence-electron chi connectivity index (χ0n) is 10.4. The van der Waals surface area contributed by atoms with Crippen LogP contribution in [0.4, 0.5) is 0 Å². The first-order valence-electron chi connectivity index (χ1n) is 5.89. The van der Waals surface area contributed by atoms with E-state index >= 15 is 0 Å². The number of aromatic nitrogens is 1. The van der Waals surface area contributed by atoms with Crippen LogP contribution < -0.4 is 5.32 Å². The third-order valence-corrected chi connectivity index (χ3v) is 3.97. The van der Waals surface area contributed by atoms with Crippen LogP contribution in [-0.2, 0) is 13.1 Å². The highest BCUT2D eigenvalue weighted by atomic mass is 32.1. The van der Waals surface area contributed by atoms with Crippen molar-refractivity contribution in [2.24, 2.45) is 5.41 Å². The smallest absolute Gasteiger partial charge is 0.107 e. The lowest BCUT2D eigenvalue weighted by Gasteiger charge is -2.18. The predicted molar refractivity (Wildman–Crippen MR) is 68.6 cm³/mol. The molecule has 1 fully saturated rings. The van der Waals surface area contributed by atoms with Crippen molar-refractivity contribution in [2.45, 2.75) is 33.4 Å². The number of rotatable bonds is 4. The summed E-state index contributed by atoms with van der Waals surface area (Å²) >= 11 is 1.76. The second-order valence-electron chi connectivity index (χ2n) is 5.39. The molecule has 1 aliphatic rings. The summed E-state index contributed by atoms with van der Waals surface area (Å²) in [6, 6.07) is 0. The summed E-state index contributed by atoms with van der Waals surface area (Å²) in [4.78, 5) is 7.14. The maximum atomic E-state index is 4.63. The van der Waals surface area contributed by atoms with Crippen molar-refractivity contribution in [3.05, 3.63) is 16.1 Å². The van der Waals surface area contributed by atoms with Crippen LogP contribution in [0.3, 0.4) is 0 Å². The van der Waals surface area contributed by atoms with Gasteiger partial charge in [-0.1, -0.05) is 13.8 Å². The third kappa shape index (κ3) is 3.03. The standard InChI is InChI=1S/C12H21N3S/c1-12(2)4-5-15(9-12)7-10-8-16-11(14-10)6-13-3/h8,13H,4-7,9H2,1-3H3. The number of nitrogens with zero attached hydrogens (tertiary/aromatic N) is 2. The van der Waals surface area contributed by atoms with E-state index < -0.39 is 0 Å². The average Bonchev–Trinajstić information content (AvgIpc) is 2.75. The lowest BCUT2D eigenvalue weighted by Crippen LogP contribution is -2.23. The van der Waals surface area contributed by atoms with E-state index in [1.54, 1.807) is 11.3 Å². The van der Waals surface area contributed by atoms with Crippen molar-refractivity contribution in [1.82, 2.24) is 15.2 Å². The van der Waals surface area contributed by atoms with Crippen molar-refractivity contribution in [3.63, 3.8) is 0 Å². The summed E-state index contributed by atoms with van der Waals surface area (Å²) in [6.45, 7) is 9.01. The van der Waals surface area contributed by atoms with Gasteiger partial charge in [-0.25, -0.2) is 4.98 Å². The molecule has 1 aliphatic heterocycles. The minimum Gasteiger partial charge on any atom is -0.314 e. The highest BCUT2D eigenvalue weighted by molar-refractivity contribution is 7.09. The Morgan fingerprint density at radius 1 is 1.56 bits per heavy atom. The van der Waals surface area contributed by atoms with Gasteiger partial charge in [0.05, 0.1) is 5.69 Å². The monoisotopic (exact) mass is 239 g/mol. The van der Waals surface area contributed by atoms with Crippen molar-refractivity contribution in [2.75, 3.05) is 20.1 Å². The first-order valence-corrected chi connectivity index (χ1v) is 6.77. The van der Waals surface area contributed by atoms with Crippen molar-refractivity contribution in [1.29, 1.82) is 0 Å². The fourth-order valence-corrected chi connectivity index (χ4v) is 3.04. The molecule has 0 unspecified atom stereocenters. The Labute approximate surface area is 102 Å². The molecule has 1 aromatic heterocycles. The fourth-order valence-electron chi connectivity index (χ4n) is 2.24. The van der Waals surface area contributed by atoms with E-state index in [-0.39, 0.29) is 0 Å². The molecule has 0 radical (unpaired) electrons. The van der Waals surface area contributed by atoms with Crippen LogP contribution in [0, 0.1) is 5.41 Å². The zero-order valence-corrected chi connectivity index (χ0v) is 11.2. The topological polar surface area (TPSA) is 28.2 Å². The molecule has 0 bridgehead atoms. The largest absolute Gasteiger partial charge is 0.314 e. The molecule has 0 atom stereocenters. The first kappa shape index (κ1) is 12.0. The van der Waals surface area contributed by atoms with Crippen molar-refractivity contribution in [3.8, 4) is 0 Å². The number of thiazole rings is 1. The van der Waals surface area contributed by atoms with Crippen LogP contribution in [-0.4, -0.2) is 30.0 Å². The molecule has 0 saturated carbocycles. The van der Waals surface area contributed by atoms with Gasteiger partial charge in [0, 0.05) is 25.0 Å². The second-order valence-corrected chi connectivity index (χ2v) is 6.33. The van der Waals surface area contributed by atoms with Gasteiger partial charge in [-0.2, -0.15) is 0 Å². The molecule has 2 heterocycles. The van der Waals surface area contributed by atoms with E-state index in [9.17, 15) is 0 Å². The fraction of sp³-hybridized carbons (Fsp3) is 0.750. The molecule has 1 N–H and O–H groups in total. The lowest BCUT2D eigenvalue weighted by atomic mass is 9.93. The Kier molecular flexibility index (Phi) is 3.62. The quantitative estimate of drug-likeness (QED) is 0.872. The van der Waals surface area contributed by atoms with Crippen LogP contribution in [0.1, 0.15) is 31.0 Å². The third-order valence-electron chi connectivity index (χ3n) is 3.07. The van der Waals surface area contributed by atoms with Crippen LogP contribution in [0.15, 0.2) is 5.38 Å². The Bertz CT molecular complexity index is 346. The molecule has 1 aromatic rings. The summed E-state index contributed by atoms with van der Waals surface area (Å²) in [7, 11) is 1.96. The molecule has 90 valence electrons. The van der Waals surface area contributed by atoms with Gasteiger partial charge < -0.3 is 5.32 Å². The molecule has 16 heavy (non-hydrogen) atoms. The lowest BCUT2D eigenvalue weighted by molar-refractivity contribution is 0.282. The summed E-state index contributed by atoms with van der Waals surface area (Å²) in [6.07, 6.45) is 1.31. The Morgan fingerprint density at radius 3 is 3.00 bits per heavy atom. The molecule has 0 spiro atoms. The van der Waals surface area contributed by atoms with Gasteiger partial charge in [-0.3, -0.25) is 4.90 Å². The van der Waals surface area contributed by atoms with Gasteiger partial charge in [0.25, 0.3) is 0 Å². The van der Waals surface area contributed by atoms with E-state index in [0.29, 0.717) is 5.41 Å². The molecule has 0 aromatic carbocycles. The predicted octanol–water partition coefficient (Wildman–Crippen LogP) is 2.09. The molecular formula is C12H21N3S. The van der Waals surface area contributed by atoms with Crippen LogP contribution in [0.2, 0.25) is 0 Å². The van der Waals surface area contributed by atoms with Crippen LogP contribution in [0.5, 0.6) is 0 Å². The summed E-state index contributed by atoms with van der Waals surface area (Å²) in [5.41, 5.74) is 1.72. The van der Waals surface area contributed by atoms with E-state index in [4.69, 9.17) is 0 Å². The molecular weight excluding hydrogens is 218 g/mol. The Hall–Kier alpha value is -0.450. The first-order chi connectivity index (χ1) is 7.59. The molecule has 2 rings (SSSR count). The maximum Gasteiger partial charge on any atom is 0.107 e. The average molecular weight is 239 g/mol. The minimum atomic E-state index is 0.490. The summed E-state index contributed by atoms with van der Waals surface area (Å²) in [5.74, 6) is 0. The van der Waals surface area contributed by atoms with Gasteiger partial charge in [0.2, 0.25) is 0 Å². The molecule has 0 amide bonds. The summed E-state index contributed by atoms with van der Waals surface area (Å²) < 4.78 is 0. The highest BCUT2D eigenvalue weighted by Gasteiger charge is 2.29. The Balaban J connectivity index is 1.89. The molecule has 1 saturated heterocycles. The highest BCUT2D eigenvalue weighted by Crippen LogP contribution is 2.29. The maximum absolute atomic E-state index is 4.63. The number of nitrogens with one attached hydrogen (secondary N) is 1.